The molecule has 118 valence electrons. The highest BCUT2D eigenvalue weighted by Gasteiger charge is 2.28. The van der Waals surface area contributed by atoms with Crippen LogP contribution in [0.4, 0.5) is 0 Å². The van der Waals surface area contributed by atoms with Gasteiger partial charge in [-0.3, -0.25) is 14.7 Å². The zero-order valence-electron chi connectivity index (χ0n) is 13.6. The van der Waals surface area contributed by atoms with Gasteiger partial charge in [-0.25, -0.2) is 0 Å². The van der Waals surface area contributed by atoms with E-state index in [-0.39, 0.29) is 11.3 Å². The number of aromatic nitrogens is 1. The van der Waals surface area contributed by atoms with E-state index in [1.807, 2.05) is 44.4 Å². The molecule has 1 aliphatic rings. The smallest absolute Gasteiger partial charge is 0.227 e. The maximum absolute atomic E-state index is 12.2. The van der Waals surface area contributed by atoms with E-state index in [4.69, 9.17) is 0 Å². The van der Waals surface area contributed by atoms with Crippen molar-refractivity contribution >= 4 is 17.2 Å². The third kappa shape index (κ3) is 4.78. The zero-order chi connectivity index (χ0) is 15.5. The lowest BCUT2D eigenvalue weighted by Crippen LogP contribution is -2.42. The third-order valence-corrected chi connectivity index (χ3v) is 4.85. The molecule has 0 saturated carbocycles. The van der Waals surface area contributed by atoms with Gasteiger partial charge in [0.05, 0.1) is 5.51 Å². The topological polar surface area (TPSA) is 36.4 Å². The molecule has 1 amide bonds. The summed E-state index contributed by atoms with van der Waals surface area (Å²) in [5.74, 6) is 0.883. The van der Waals surface area contributed by atoms with Crippen LogP contribution in [0.5, 0.6) is 0 Å². The first-order valence-electron chi connectivity index (χ1n) is 7.71. The molecule has 0 spiro atoms. The molecule has 2 rings (SSSR count). The standard InChI is InChI=1S/C16H27N3OS/c1-16(2,3)15(20)18(4)10-13-5-7-19(8-6-13)11-14-9-17-12-21-14/h9,12-13H,5-8,10-11H2,1-4H3. The van der Waals surface area contributed by atoms with E-state index >= 15 is 0 Å². The van der Waals surface area contributed by atoms with E-state index in [0.717, 1.165) is 26.2 Å². The van der Waals surface area contributed by atoms with Gasteiger partial charge in [0.2, 0.25) is 5.91 Å². The summed E-state index contributed by atoms with van der Waals surface area (Å²) in [6.45, 7) is 10.1. The summed E-state index contributed by atoms with van der Waals surface area (Å²) in [6, 6.07) is 0. The highest BCUT2D eigenvalue weighted by atomic mass is 32.1. The zero-order valence-corrected chi connectivity index (χ0v) is 14.4. The lowest BCUT2D eigenvalue weighted by atomic mass is 9.92. The third-order valence-electron chi connectivity index (χ3n) is 4.09. The van der Waals surface area contributed by atoms with Gasteiger partial charge >= 0.3 is 0 Å². The molecule has 0 unspecified atom stereocenters. The number of thiazole rings is 1. The molecule has 21 heavy (non-hydrogen) atoms. The highest BCUT2D eigenvalue weighted by Crippen LogP contribution is 2.23. The van der Waals surface area contributed by atoms with Crippen LogP contribution in [0.25, 0.3) is 0 Å². The van der Waals surface area contributed by atoms with Crippen LogP contribution in [0.3, 0.4) is 0 Å². The average molecular weight is 309 g/mol. The maximum Gasteiger partial charge on any atom is 0.227 e. The largest absolute Gasteiger partial charge is 0.345 e. The lowest BCUT2D eigenvalue weighted by Gasteiger charge is -2.35. The molecule has 5 heteroatoms. The molecule has 0 N–H and O–H groups in total. The second-order valence-corrected chi connectivity index (χ2v) is 8.09. The SMILES string of the molecule is CN(CC1CCN(Cc2cncs2)CC1)C(=O)C(C)(C)C. The van der Waals surface area contributed by atoms with Crippen LogP contribution in [0.2, 0.25) is 0 Å². The van der Waals surface area contributed by atoms with Gasteiger partial charge in [0.15, 0.2) is 0 Å². The molecule has 1 aliphatic heterocycles. The highest BCUT2D eigenvalue weighted by molar-refractivity contribution is 7.09. The van der Waals surface area contributed by atoms with E-state index in [0.29, 0.717) is 5.92 Å². The monoisotopic (exact) mass is 309 g/mol. The van der Waals surface area contributed by atoms with E-state index in [2.05, 4.69) is 9.88 Å². The molecule has 0 radical (unpaired) electrons. The van der Waals surface area contributed by atoms with Gasteiger partial charge in [-0.1, -0.05) is 20.8 Å². The van der Waals surface area contributed by atoms with Gasteiger partial charge in [0.1, 0.15) is 0 Å². The molecule has 1 fully saturated rings. The first kappa shape index (κ1) is 16.4. The van der Waals surface area contributed by atoms with Crippen LogP contribution in [0.1, 0.15) is 38.5 Å². The summed E-state index contributed by atoms with van der Waals surface area (Å²) in [5.41, 5.74) is 1.62. The Morgan fingerprint density at radius 2 is 2.10 bits per heavy atom. The van der Waals surface area contributed by atoms with E-state index in [1.54, 1.807) is 11.3 Å². The number of hydrogen-bond donors (Lipinski definition) is 0. The minimum Gasteiger partial charge on any atom is -0.345 e. The molecule has 2 heterocycles. The number of carbonyl (C=O) groups excluding carboxylic acids is 1. The minimum absolute atomic E-state index is 0.245. The Labute approximate surface area is 132 Å². The number of likely N-dealkylation sites (tertiary alicyclic amines) is 1. The van der Waals surface area contributed by atoms with Crippen molar-refractivity contribution in [3.63, 3.8) is 0 Å². The Kier molecular flexibility index (Phi) is 5.38. The van der Waals surface area contributed by atoms with Crippen molar-refractivity contribution in [3.8, 4) is 0 Å². The van der Waals surface area contributed by atoms with Crippen molar-refractivity contribution in [2.24, 2.45) is 11.3 Å². The molecule has 1 aromatic rings. The van der Waals surface area contributed by atoms with Crippen LogP contribution in [0, 0.1) is 11.3 Å². The fraction of sp³-hybridized carbons (Fsp3) is 0.750. The van der Waals surface area contributed by atoms with Crippen LogP contribution in [-0.2, 0) is 11.3 Å². The fourth-order valence-electron chi connectivity index (χ4n) is 2.91. The summed E-state index contributed by atoms with van der Waals surface area (Å²) < 4.78 is 0. The fourth-order valence-corrected chi connectivity index (χ4v) is 3.55. The average Bonchev–Trinajstić information content (AvgIpc) is 2.92. The normalized spacial score (nSPS) is 17.9. The molecule has 1 saturated heterocycles. The van der Waals surface area contributed by atoms with Gasteiger partial charge < -0.3 is 4.90 Å². The number of piperidine rings is 1. The summed E-state index contributed by atoms with van der Waals surface area (Å²) in [5, 5.41) is 0. The Hall–Kier alpha value is -0.940. The Bertz CT molecular complexity index is 445. The van der Waals surface area contributed by atoms with Crippen LogP contribution in [0.15, 0.2) is 11.7 Å². The van der Waals surface area contributed by atoms with Crippen molar-refractivity contribution in [3.05, 3.63) is 16.6 Å². The van der Waals surface area contributed by atoms with E-state index < -0.39 is 0 Å². The molecule has 1 aromatic heterocycles. The van der Waals surface area contributed by atoms with Gasteiger partial charge in [-0.2, -0.15) is 0 Å². The van der Waals surface area contributed by atoms with Crippen LogP contribution < -0.4 is 0 Å². The molecule has 4 nitrogen and oxygen atoms in total. The number of amides is 1. The molecule has 0 aliphatic carbocycles. The summed E-state index contributed by atoms with van der Waals surface area (Å²) in [7, 11) is 1.94. The second-order valence-electron chi connectivity index (χ2n) is 7.12. The summed E-state index contributed by atoms with van der Waals surface area (Å²) in [6.07, 6.45) is 4.33. The predicted molar refractivity (Wildman–Crippen MR) is 87.2 cm³/mol. The van der Waals surface area contributed by atoms with E-state index in [9.17, 15) is 4.79 Å². The van der Waals surface area contributed by atoms with Crippen molar-refractivity contribution in [2.45, 2.75) is 40.2 Å². The van der Waals surface area contributed by atoms with Gasteiger partial charge in [0.25, 0.3) is 0 Å². The lowest BCUT2D eigenvalue weighted by molar-refractivity contribution is -0.138. The van der Waals surface area contributed by atoms with Crippen LogP contribution >= 0.6 is 11.3 Å². The predicted octanol–water partition coefficient (Wildman–Crippen LogP) is 2.86. The second kappa shape index (κ2) is 6.88. The molecule has 0 aromatic carbocycles. The summed E-state index contributed by atoms with van der Waals surface area (Å²) >= 11 is 1.73. The van der Waals surface area contributed by atoms with E-state index in [1.165, 1.54) is 17.7 Å². The van der Waals surface area contributed by atoms with Crippen molar-refractivity contribution in [1.29, 1.82) is 0 Å². The molecule has 0 atom stereocenters. The number of nitrogens with zero attached hydrogens (tertiary/aromatic N) is 3. The number of rotatable bonds is 4. The Morgan fingerprint density at radius 3 is 2.62 bits per heavy atom. The number of carbonyl (C=O) groups is 1. The maximum atomic E-state index is 12.2. The number of hydrogen-bond acceptors (Lipinski definition) is 4. The Balaban J connectivity index is 1.75. The Morgan fingerprint density at radius 1 is 1.43 bits per heavy atom. The molecular formula is C16H27N3OS. The molecule has 0 bridgehead atoms. The molecular weight excluding hydrogens is 282 g/mol. The van der Waals surface area contributed by atoms with Crippen molar-refractivity contribution in [2.75, 3.05) is 26.7 Å². The minimum atomic E-state index is -0.276. The first-order chi connectivity index (χ1) is 9.86. The van der Waals surface area contributed by atoms with Gasteiger partial charge in [-0.15, -0.1) is 11.3 Å². The van der Waals surface area contributed by atoms with Crippen LogP contribution in [-0.4, -0.2) is 47.4 Å². The summed E-state index contributed by atoms with van der Waals surface area (Å²) in [4.78, 5) is 22.1. The van der Waals surface area contributed by atoms with Crippen molar-refractivity contribution < 1.29 is 4.79 Å². The van der Waals surface area contributed by atoms with Gasteiger partial charge in [-0.05, 0) is 31.8 Å². The van der Waals surface area contributed by atoms with Gasteiger partial charge in [0, 0.05) is 36.6 Å². The first-order valence-corrected chi connectivity index (χ1v) is 8.59. The van der Waals surface area contributed by atoms with Crippen molar-refractivity contribution in [1.82, 2.24) is 14.8 Å². The quantitative estimate of drug-likeness (QED) is 0.858.